The molecule has 1 unspecified atom stereocenters. The molecule has 0 aliphatic heterocycles. The Labute approximate surface area is 179 Å². The molecule has 0 bridgehead atoms. The zero-order chi connectivity index (χ0) is 22.8. The lowest BCUT2D eigenvalue weighted by Crippen LogP contribution is -2.29. The molecular formula is C17H14ClF3N6O3S. The Bertz CT molecular complexity index is 1200. The second kappa shape index (κ2) is 8.59. The van der Waals surface area contributed by atoms with E-state index in [0.29, 0.717) is 0 Å². The largest absolute Gasteiger partial charge is 0.403 e. The molecule has 9 nitrogen and oxygen atoms in total. The molecule has 3 aromatic rings. The van der Waals surface area contributed by atoms with Crippen LogP contribution in [0.25, 0.3) is 5.95 Å². The lowest BCUT2D eigenvalue weighted by molar-refractivity contribution is -0.106. The van der Waals surface area contributed by atoms with Crippen LogP contribution in [-0.2, 0) is 9.84 Å². The van der Waals surface area contributed by atoms with Gasteiger partial charge in [0.2, 0.25) is 0 Å². The third-order valence-electron chi connectivity index (χ3n) is 3.90. The SMILES string of the molecule is CC(NC(=O)c1cc(Cl)cc(S(=O)(=O)CC(F)(F)F)c1)c1ncnn1-c1ncccn1. The number of nitrogens with one attached hydrogen (secondary N) is 1. The molecule has 0 aliphatic rings. The average Bonchev–Trinajstić information content (AvgIpc) is 3.16. The number of alkyl halides is 3. The van der Waals surface area contributed by atoms with Crippen molar-refractivity contribution in [1.82, 2.24) is 30.0 Å². The number of sulfone groups is 1. The highest BCUT2D eigenvalue weighted by molar-refractivity contribution is 7.91. The summed E-state index contributed by atoms with van der Waals surface area (Å²) < 4.78 is 63.1. The zero-order valence-corrected chi connectivity index (χ0v) is 17.3. The molecule has 0 aliphatic carbocycles. The molecule has 2 aromatic heterocycles. The molecule has 1 amide bonds. The maximum Gasteiger partial charge on any atom is 0.403 e. The van der Waals surface area contributed by atoms with Gasteiger partial charge in [-0.15, -0.1) is 0 Å². The first-order valence-electron chi connectivity index (χ1n) is 8.54. The summed E-state index contributed by atoms with van der Waals surface area (Å²) in [7, 11) is -4.74. The smallest absolute Gasteiger partial charge is 0.342 e. The number of hydrogen-bond donors (Lipinski definition) is 1. The van der Waals surface area contributed by atoms with Crippen LogP contribution in [0.1, 0.15) is 29.1 Å². The molecule has 0 radical (unpaired) electrons. The van der Waals surface area contributed by atoms with Crippen molar-refractivity contribution in [2.45, 2.75) is 24.0 Å². The van der Waals surface area contributed by atoms with Gasteiger partial charge in [0.1, 0.15) is 6.33 Å². The average molecular weight is 475 g/mol. The van der Waals surface area contributed by atoms with E-state index in [9.17, 15) is 26.4 Å². The van der Waals surface area contributed by atoms with E-state index in [1.54, 1.807) is 13.0 Å². The Morgan fingerprint density at radius 3 is 2.52 bits per heavy atom. The van der Waals surface area contributed by atoms with Gasteiger partial charge in [-0.1, -0.05) is 11.6 Å². The van der Waals surface area contributed by atoms with Crippen LogP contribution in [0.15, 0.2) is 47.9 Å². The molecule has 0 saturated heterocycles. The predicted octanol–water partition coefficient (Wildman–Crippen LogP) is 2.54. The first kappa shape index (κ1) is 22.6. The minimum Gasteiger partial charge on any atom is -0.342 e. The van der Waals surface area contributed by atoms with E-state index in [1.165, 1.54) is 23.4 Å². The molecule has 3 rings (SSSR count). The van der Waals surface area contributed by atoms with Gasteiger partial charge in [-0.3, -0.25) is 4.79 Å². The number of carbonyl (C=O) groups is 1. The van der Waals surface area contributed by atoms with Crippen LogP contribution in [0, 0.1) is 0 Å². The van der Waals surface area contributed by atoms with Crippen LogP contribution in [0.4, 0.5) is 13.2 Å². The molecule has 164 valence electrons. The Balaban J connectivity index is 1.85. The van der Waals surface area contributed by atoms with Gasteiger partial charge in [0, 0.05) is 23.0 Å². The molecule has 0 fully saturated rings. The van der Waals surface area contributed by atoms with Gasteiger partial charge >= 0.3 is 6.18 Å². The van der Waals surface area contributed by atoms with E-state index < -0.39 is 38.6 Å². The summed E-state index contributed by atoms with van der Waals surface area (Å²) in [6.45, 7) is 1.58. The normalized spacial score (nSPS) is 13.1. The van der Waals surface area contributed by atoms with Crippen LogP contribution >= 0.6 is 11.6 Å². The Hall–Kier alpha value is -3.06. The van der Waals surface area contributed by atoms with E-state index in [4.69, 9.17) is 11.6 Å². The number of rotatable bonds is 6. The fourth-order valence-corrected chi connectivity index (χ4v) is 4.13. The summed E-state index contributed by atoms with van der Waals surface area (Å²) in [5, 5.41) is 6.37. The van der Waals surface area contributed by atoms with Crippen LogP contribution in [0.2, 0.25) is 5.02 Å². The first-order chi connectivity index (χ1) is 14.5. The van der Waals surface area contributed by atoms with Gasteiger partial charge in [-0.25, -0.2) is 23.4 Å². The maximum atomic E-state index is 12.6. The monoisotopic (exact) mass is 474 g/mol. The third kappa shape index (κ3) is 5.55. The first-order valence-corrected chi connectivity index (χ1v) is 10.6. The van der Waals surface area contributed by atoms with E-state index in [0.717, 1.165) is 18.2 Å². The van der Waals surface area contributed by atoms with Crippen molar-refractivity contribution in [3.8, 4) is 5.95 Å². The Kier molecular flexibility index (Phi) is 6.27. The summed E-state index contributed by atoms with van der Waals surface area (Å²) in [5.74, 6) is -2.37. The van der Waals surface area contributed by atoms with E-state index >= 15 is 0 Å². The fourth-order valence-electron chi connectivity index (χ4n) is 2.62. The minimum atomic E-state index is -4.94. The highest BCUT2D eigenvalue weighted by atomic mass is 35.5. The van der Waals surface area contributed by atoms with Crippen molar-refractivity contribution < 1.29 is 26.4 Å². The van der Waals surface area contributed by atoms with Crippen molar-refractivity contribution >= 4 is 27.3 Å². The number of carbonyl (C=O) groups excluding carboxylic acids is 1. The Morgan fingerprint density at radius 2 is 1.87 bits per heavy atom. The summed E-state index contributed by atoms with van der Waals surface area (Å²) >= 11 is 5.84. The molecule has 14 heteroatoms. The van der Waals surface area contributed by atoms with Crippen LogP contribution in [0.3, 0.4) is 0 Å². The summed E-state index contributed by atoms with van der Waals surface area (Å²) in [5.41, 5.74) is -0.234. The summed E-state index contributed by atoms with van der Waals surface area (Å²) in [4.78, 5) is 24.1. The topological polar surface area (TPSA) is 120 Å². The third-order valence-corrected chi connectivity index (χ3v) is 5.78. The van der Waals surface area contributed by atoms with Gasteiger partial charge in [-0.2, -0.15) is 23.0 Å². The standard InChI is InChI=1S/C17H14ClF3N6O3S/c1-10(14-24-9-25-27(14)16-22-3-2-4-23-16)26-15(28)11-5-12(18)7-13(6-11)31(29,30)8-17(19,20)21/h2-7,9-10H,8H2,1H3,(H,26,28). The number of nitrogens with zero attached hydrogens (tertiary/aromatic N) is 5. The van der Waals surface area contributed by atoms with Gasteiger partial charge < -0.3 is 5.32 Å². The zero-order valence-electron chi connectivity index (χ0n) is 15.7. The Morgan fingerprint density at radius 1 is 1.19 bits per heavy atom. The van der Waals surface area contributed by atoms with Crippen molar-refractivity contribution in [3.63, 3.8) is 0 Å². The highest BCUT2D eigenvalue weighted by Crippen LogP contribution is 2.26. The molecular weight excluding hydrogens is 461 g/mol. The molecule has 1 aromatic carbocycles. The van der Waals surface area contributed by atoms with Crippen LogP contribution in [-0.4, -0.2) is 51.0 Å². The molecule has 0 spiro atoms. The quantitative estimate of drug-likeness (QED) is 0.583. The van der Waals surface area contributed by atoms with Crippen molar-refractivity contribution in [3.05, 3.63) is 59.4 Å². The molecule has 31 heavy (non-hydrogen) atoms. The number of aromatic nitrogens is 5. The molecule has 2 heterocycles. The van der Waals surface area contributed by atoms with E-state index in [1.807, 2.05) is 0 Å². The molecule has 1 N–H and O–H groups in total. The van der Waals surface area contributed by atoms with Crippen LogP contribution in [0.5, 0.6) is 0 Å². The fraction of sp³-hybridized carbons (Fsp3) is 0.235. The van der Waals surface area contributed by atoms with E-state index in [2.05, 4.69) is 25.4 Å². The number of amides is 1. The second-order valence-electron chi connectivity index (χ2n) is 6.32. The predicted molar refractivity (Wildman–Crippen MR) is 102 cm³/mol. The lowest BCUT2D eigenvalue weighted by atomic mass is 10.2. The minimum absolute atomic E-state index is 0.207. The molecule has 0 saturated carbocycles. The maximum absolute atomic E-state index is 12.6. The second-order valence-corrected chi connectivity index (χ2v) is 8.75. The van der Waals surface area contributed by atoms with Crippen molar-refractivity contribution in [2.75, 3.05) is 5.75 Å². The number of benzene rings is 1. The number of hydrogen-bond acceptors (Lipinski definition) is 7. The van der Waals surface area contributed by atoms with Gasteiger partial charge in [0.15, 0.2) is 21.4 Å². The van der Waals surface area contributed by atoms with Crippen molar-refractivity contribution in [2.24, 2.45) is 0 Å². The highest BCUT2D eigenvalue weighted by Gasteiger charge is 2.36. The van der Waals surface area contributed by atoms with E-state index in [-0.39, 0.29) is 22.4 Å². The van der Waals surface area contributed by atoms with Crippen molar-refractivity contribution in [1.29, 1.82) is 0 Å². The lowest BCUT2D eigenvalue weighted by Gasteiger charge is -2.15. The molecule has 1 atom stereocenters. The van der Waals surface area contributed by atoms with Gasteiger partial charge in [0.05, 0.1) is 10.9 Å². The van der Waals surface area contributed by atoms with Gasteiger partial charge in [0.25, 0.3) is 11.9 Å². The summed E-state index contributed by atoms with van der Waals surface area (Å²) in [6.07, 6.45) is -0.727. The van der Waals surface area contributed by atoms with Gasteiger partial charge in [-0.05, 0) is 31.2 Å². The number of halogens is 4. The summed E-state index contributed by atoms with van der Waals surface area (Å²) in [6, 6.07) is 3.69. The van der Waals surface area contributed by atoms with Crippen LogP contribution < -0.4 is 5.32 Å².